The second kappa shape index (κ2) is 6.66. The minimum atomic E-state index is 0.0614. The summed E-state index contributed by atoms with van der Waals surface area (Å²) < 4.78 is 5.86. The summed E-state index contributed by atoms with van der Waals surface area (Å²) in [5.74, 6) is 0. The van der Waals surface area contributed by atoms with E-state index >= 15 is 0 Å². The van der Waals surface area contributed by atoms with Crippen LogP contribution in [0.25, 0.3) is 0 Å². The molecule has 2 heterocycles. The average Bonchev–Trinajstić information content (AvgIpc) is 2.44. The van der Waals surface area contributed by atoms with Gasteiger partial charge in [0.1, 0.15) is 0 Å². The molecule has 0 amide bonds. The summed E-state index contributed by atoms with van der Waals surface area (Å²) in [5.41, 5.74) is 7.32. The van der Waals surface area contributed by atoms with Crippen LogP contribution >= 0.6 is 0 Å². The molecule has 0 aliphatic carbocycles. The van der Waals surface area contributed by atoms with E-state index in [0.29, 0.717) is 6.54 Å². The Hall–Kier alpha value is -0.970. The number of aromatic nitrogens is 1. The van der Waals surface area contributed by atoms with Crippen LogP contribution in [0.5, 0.6) is 0 Å². The molecule has 1 aromatic rings. The third kappa shape index (κ3) is 3.57. The highest BCUT2D eigenvalue weighted by Gasteiger charge is 2.40. The molecule has 1 fully saturated rings. The van der Waals surface area contributed by atoms with Gasteiger partial charge in [-0.3, -0.25) is 9.88 Å². The summed E-state index contributed by atoms with van der Waals surface area (Å²) in [6.07, 6.45) is 5.38. The van der Waals surface area contributed by atoms with Crippen molar-refractivity contribution >= 4 is 0 Å². The molecule has 4 heteroatoms. The fourth-order valence-electron chi connectivity index (χ4n) is 3.35. The molecule has 2 N–H and O–H groups in total. The van der Waals surface area contributed by atoms with Gasteiger partial charge in [-0.05, 0) is 45.9 Å². The van der Waals surface area contributed by atoms with Crippen LogP contribution in [-0.2, 0) is 11.2 Å². The molecule has 2 atom stereocenters. The Balaban J connectivity index is 1.99. The fraction of sp³-hybridized carbons (Fsp3) is 0.688. The van der Waals surface area contributed by atoms with Gasteiger partial charge in [-0.1, -0.05) is 6.07 Å². The first kappa shape index (κ1) is 15.4. The molecule has 4 nitrogen and oxygen atoms in total. The molecular formula is C16H27N3O. The molecular weight excluding hydrogens is 250 g/mol. The van der Waals surface area contributed by atoms with E-state index in [0.717, 1.165) is 31.5 Å². The number of nitrogens with two attached hydrogens (primary N) is 1. The molecule has 0 radical (unpaired) electrons. The first-order valence-corrected chi connectivity index (χ1v) is 7.52. The van der Waals surface area contributed by atoms with Gasteiger partial charge in [-0.2, -0.15) is 0 Å². The normalized spacial score (nSPS) is 30.6. The average molecular weight is 277 g/mol. The van der Waals surface area contributed by atoms with Crippen molar-refractivity contribution in [3.05, 3.63) is 30.1 Å². The van der Waals surface area contributed by atoms with Crippen LogP contribution in [0.15, 0.2) is 24.4 Å². The van der Waals surface area contributed by atoms with Crippen LogP contribution in [0.4, 0.5) is 0 Å². The van der Waals surface area contributed by atoms with Crippen LogP contribution in [0.2, 0.25) is 0 Å². The zero-order valence-corrected chi connectivity index (χ0v) is 12.9. The van der Waals surface area contributed by atoms with Crippen molar-refractivity contribution < 1.29 is 4.74 Å². The van der Waals surface area contributed by atoms with Crippen LogP contribution in [0, 0.1) is 0 Å². The number of hydrogen-bond acceptors (Lipinski definition) is 4. The van der Waals surface area contributed by atoms with Crippen LogP contribution < -0.4 is 5.73 Å². The molecule has 1 aliphatic heterocycles. The molecule has 0 saturated carbocycles. The smallest absolute Gasteiger partial charge is 0.0568 e. The van der Waals surface area contributed by atoms with E-state index in [4.69, 9.17) is 10.5 Å². The molecule has 1 saturated heterocycles. The predicted octanol–water partition coefficient (Wildman–Crippen LogP) is 1.84. The largest absolute Gasteiger partial charge is 0.375 e. The molecule has 0 bridgehead atoms. The van der Waals surface area contributed by atoms with E-state index in [-0.39, 0.29) is 17.7 Å². The summed E-state index contributed by atoms with van der Waals surface area (Å²) in [4.78, 5) is 6.81. The van der Waals surface area contributed by atoms with Gasteiger partial charge in [0.05, 0.1) is 12.2 Å². The van der Waals surface area contributed by atoms with Crippen molar-refractivity contribution in [2.75, 3.05) is 20.1 Å². The molecule has 2 rings (SSSR count). The zero-order chi connectivity index (χ0) is 14.6. The Morgan fingerprint density at radius 3 is 2.60 bits per heavy atom. The second-order valence-electron chi connectivity index (χ2n) is 6.09. The number of hydrogen-bond donors (Lipinski definition) is 1. The van der Waals surface area contributed by atoms with Crippen molar-refractivity contribution in [2.24, 2.45) is 5.73 Å². The maximum atomic E-state index is 6.12. The third-order valence-corrected chi connectivity index (χ3v) is 4.42. The van der Waals surface area contributed by atoms with Crippen LogP contribution in [0.3, 0.4) is 0 Å². The number of pyridine rings is 1. The standard InChI is InChI=1S/C16H27N3O/c1-13-10-16(12-17,11-14(2)20-13)19(3)9-7-15-6-4-5-8-18-15/h4-6,8,13-14H,7,9-12,17H2,1-3H3. The van der Waals surface area contributed by atoms with E-state index in [9.17, 15) is 0 Å². The molecule has 112 valence electrons. The predicted molar refractivity (Wildman–Crippen MR) is 81.6 cm³/mol. The summed E-state index contributed by atoms with van der Waals surface area (Å²) in [6, 6.07) is 6.08. The summed E-state index contributed by atoms with van der Waals surface area (Å²) in [7, 11) is 2.18. The fourth-order valence-corrected chi connectivity index (χ4v) is 3.35. The summed E-state index contributed by atoms with van der Waals surface area (Å²) in [6.45, 7) is 5.96. The topological polar surface area (TPSA) is 51.4 Å². The SMILES string of the molecule is CC1CC(CN)(N(C)CCc2ccccn2)CC(C)O1. The van der Waals surface area contributed by atoms with Crippen molar-refractivity contribution in [1.29, 1.82) is 0 Å². The molecule has 0 spiro atoms. The van der Waals surface area contributed by atoms with E-state index in [1.807, 2.05) is 18.3 Å². The Morgan fingerprint density at radius 1 is 1.35 bits per heavy atom. The van der Waals surface area contributed by atoms with Gasteiger partial charge in [0, 0.05) is 36.9 Å². The van der Waals surface area contributed by atoms with Crippen LogP contribution in [-0.4, -0.2) is 47.8 Å². The van der Waals surface area contributed by atoms with Crippen molar-refractivity contribution in [1.82, 2.24) is 9.88 Å². The number of likely N-dealkylation sites (N-methyl/N-ethyl adjacent to an activating group) is 1. The highest BCUT2D eigenvalue weighted by molar-refractivity contribution is 5.05. The van der Waals surface area contributed by atoms with Gasteiger partial charge in [0.25, 0.3) is 0 Å². The van der Waals surface area contributed by atoms with Crippen molar-refractivity contribution in [2.45, 2.75) is 50.9 Å². The molecule has 2 unspecified atom stereocenters. The lowest BCUT2D eigenvalue weighted by Gasteiger charge is -2.48. The van der Waals surface area contributed by atoms with Gasteiger partial charge in [-0.15, -0.1) is 0 Å². The number of nitrogens with zero attached hydrogens (tertiary/aromatic N) is 2. The second-order valence-corrected chi connectivity index (χ2v) is 6.09. The van der Waals surface area contributed by atoms with E-state index < -0.39 is 0 Å². The van der Waals surface area contributed by atoms with E-state index in [1.165, 1.54) is 0 Å². The van der Waals surface area contributed by atoms with Gasteiger partial charge in [0.2, 0.25) is 0 Å². The van der Waals surface area contributed by atoms with E-state index in [1.54, 1.807) is 0 Å². The van der Waals surface area contributed by atoms with Gasteiger partial charge in [-0.25, -0.2) is 0 Å². The lowest BCUT2D eigenvalue weighted by Crippen LogP contribution is -2.58. The first-order chi connectivity index (χ1) is 9.55. The minimum Gasteiger partial charge on any atom is -0.375 e. The Labute approximate surface area is 122 Å². The zero-order valence-electron chi connectivity index (χ0n) is 12.9. The molecule has 20 heavy (non-hydrogen) atoms. The quantitative estimate of drug-likeness (QED) is 0.892. The molecule has 1 aromatic heterocycles. The Bertz CT molecular complexity index is 399. The molecule has 0 aromatic carbocycles. The minimum absolute atomic E-state index is 0.0614. The van der Waals surface area contributed by atoms with Crippen molar-refractivity contribution in [3.8, 4) is 0 Å². The van der Waals surface area contributed by atoms with Gasteiger partial charge in [0.15, 0.2) is 0 Å². The monoisotopic (exact) mass is 277 g/mol. The highest BCUT2D eigenvalue weighted by Crippen LogP contribution is 2.32. The maximum Gasteiger partial charge on any atom is 0.0568 e. The van der Waals surface area contributed by atoms with Crippen molar-refractivity contribution in [3.63, 3.8) is 0 Å². The molecule has 1 aliphatic rings. The van der Waals surface area contributed by atoms with E-state index in [2.05, 4.69) is 36.8 Å². The van der Waals surface area contributed by atoms with Crippen LogP contribution in [0.1, 0.15) is 32.4 Å². The Morgan fingerprint density at radius 2 is 2.05 bits per heavy atom. The lowest BCUT2D eigenvalue weighted by atomic mass is 9.82. The maximum absolute atomic E-state index is 6.12. The highest BCUT2D eigenvalue weighted by atomic mass is 16.5. The first-order valence-electron chi connectivity index (χ1n) is 7.52. The number of rotatable bonds is 5. The Kier molecular flexibility index (Phi) is 5.13. The third-order valence-electron chi connectivity index (χ3n) is 4.42. The summed E-state index contributed by atoms with van der Waals surface area (Å²) >= 11 is 0. The number of ether oxygens (including phenoxy) is 1. The summed E-state index contributed by atoms with van der Waals surface area (Å²) in [5, 5.41) is 0. The van der Waals surface area contributed by atoms with Gasteiger partial charge >= 0.3 is 0 Å². The lowest BCUT2D eigenvalue weighted by molar-refractivity contribution is -0.0972. The van der Waals surface area contributed by atoms with Gasteiger partial charge < -0.3 is 10.5 Å².